The van der Waals surface area contributed by atoms with Gasteiger partial charge in [0.1, 0.15) is 6.61 Å². The molecule has 1 N–H and O–H groups in total. The summed E-state index contributed by atoms with van der Waals surface area (Å²) in [6, 6.07) is 15.4. The van der Waals surface area contributed by atoms with Crippen molar-refractivity contribution < 1.29 is 9.47 Å². The Labute approximate surface area is 199 Å². The van der Waals surface area contributed by atoms with E-state index in [9.17, 15) is 0 Å². The third-order valence-corrected chi connectivity index (χ3v) is 4.76. The van der Waals surface area contributed by atoms with E-state index in [-0.39, 0.29) is 24.8 Å². The fourth-order valence-electron chi connectivity index (χ4n) is 2.74. The maximum absolute atomic E-state index is 6.50. The first-order valence-electron chi connectivity index (χ1n) is 9.08. The predicted molar refractivity (Wildman–Crippen MR) is 128 cm³/mol. The van der Waals surface area contributed by atoms with E-state index in [0.29, 0.717) is 41.3 Å². The van der Waals surface area contributed by atoms with E-state index in [1.807, 2.05) is 55.5 Å². The van der Waals surface area contributed by atoms with E-state index in [2.05, 4.69) is 10.3 Å². The van der Waals surface area contributed by atoms with Crippen LogP contribution in [0.3, 0.4) is 0 Å². The van der Waals surface area contributed by atoms with Crippen LogP contribution >= 0.6 is 48.0 Å². The molecular formula is C22H24Cl4N2O2. The molecule has 3 rings (SSSR count). The van der Waals surface area contributed by atoms with E-state index in [1.165, 1.54) is 5.56 Å². The van der Waals surface area contributed by atoms with Gasteiger partial charge in [-0.3, -0.25) is 4.98 Å². The number of aromatic nitrogens is 1. The lowest BCUT2D eigenvalue weighted by Crippen LogP contribution is -2.13. The molecule has 0 amide bonds. The highest BCUT2D eigenvalue weighted by Gasteiger charge is 2.13. The van der Waals surface area contributed by atoms with E-state index in [1.54, 1.807) is 12.4 Å². The fourth-order valence-corrected chi connectivity index (χ4v) is 3.22. The Balaban J connectivity index is 0.00000225. The van der Waals surface area contributed by atoms with E-state index >= 15 is 0 Å². The van der Waals surface area contributed by atoms with Gasteiger partial charge in [-0.2, -0.15) is 0 Å². The van der Waals surface area contributed by atoms with Crippen LogP contribution in [0.4, 0.5) is 0 Å². The molecule has 0 spiro atoms. The molecule has 0 aliphatic heterocycles. The van der Waals surface area contributed by atoms with Crippen molar-refractivity contribution in [2.24, 2.45) is 0 Å². The van der Waals surface area contributed by atoms with Crippen molar-refractivity contribution in [3.05, 3.63) is 87.7 Å². The topological polar surface area (TPSA) is 43.4 Å². The van der Waals surface area contributed by atoms with Crippen LogP contribution in [-0.2, 0) is 19.7 Å². The molecule has 1 heterocycles. The SMILES string of the molecule is CCOc1cc(CNCc2ccncc2)cc(Cl)c1OCc1ccccc1Cl.Cl.Cl. The third kappa shape index (κ3) is 7.53. The van der Waals surface area contributed by atoms with Crippen LogP contribution < -0.4 is 14.8 Å². The van der Waals surface area contributed by atoms with Gasteiger partial charge in [0.05, 0.1) is 11.6 Å². The second kappa shape index (κ2) is 13.6. The Hall–Kier alpha value is -1.69. The normalized spacial score (nSPS) is 9.97. The zero-order valence-electron chi connectivity index (χ0n) is 16.4. The second-order valence-corrected chi connectivity index (χ2v) is 6.99. The molecule has 4 nitrogen and oxygen atoms in total. The lowest BCUT2D eigenvalue weighted by atomic mass is 10.2. The molecule has 0 saturated carbocycles. The van der Waals surface area contributed by atoms with E-state index < -0.39 is 0 Å². The highest BCUT2D eigenvalue weighted by atomic mass is 35.5. The van der Waals surface area contributed by atoms with Crippen molar-refractivity contribution in [1.29, 1.82) is 0 Å². The van der Waals surface area contributed by atoms with E-state index in [4.69, 9.17) is 32.7 Å². The van der Waals surface area contributed by atoms with Gasteiger partial charge in [-0.1, -0.05) is 41.4 Å². The van der Waals surface area contributed by atoms with Crippen LogP contribution in [0.15, 0.2) is 60.9 Å². The molecule has 0 saturated heterocycles. The van der Waals surface area contributed by atoms with Crippen LogP contribution in [0.1, 0.15) is 23.6 Å². The number of pyridine rings is 1. The lowest BCUT2D eigenvalue weighted by molar-refractivity contribution is 0.269. The quantitative estimate of drug-likeness (QED) is 0.372. The van der Waals surface area contributed by atoms with Crippen molar-refractivity contribution in [2.75, 3.05) is 6.61 Å². The van der Waals surface area contributed by atoms with Crippen LogP contribution in [0.5, 0.6) is 11.5 Å². The highest BCUT2D eigenvalue weighted by molar-refractivity contribution is 6.32. The minimum absolute atomic E-state index is 0. The maximum atomic E-state index is 6.50. The molecule has 0 bridgehead atoms. The lowest BCUT2D eigenvalue weighted by Gasteiger charge is -2.16. The third-order valence-electron chi connectivity index (χ3n) is 4.11. The molecule has 162 valence electrons. The molecule has 0 aliphatic carbocycles. The van der Waals surface area contributed by atoms with Gasteiger partial charge < -0.3 is 14.8 Å². The summed E-state index contributed by atoms with van der Waals surface area (Å²) in [4.78, 5) is 4.03. The Morgan fingerprint density at radius 2 is 1.57 bits per heavy atom. The summed E-state index contributed by atoms with van der Waals surface area (Å²) in [6.45, 7) is 4.17. The van der Waals surface area contributed by atoms with Gasteiger partial charge in [-0.05, 0) is 48.4 Å². The standard InChI is InChI=1S/C22H22Cl2N2O2.2ClH/c1-2-27-21-12-17(14-26-13-16-7-9-25-10-8-16)11-20(24)22(21)28-15-18-5-3-4-6-19(18)23;;/h3-12,26H,2,13-15H2,1H3;2*1H. The van der Waals surface area contributed by atoms with Crippen molar-refractivity contribution in [2.45, 2.75) is 26.6 Å². The van der Waals surface area contributed by atoms with Crippen LogP contribution in [0.2, 0.25) is 10.0 Å². The van der Waals surface area contributed by atoms with Gasteiger partial charge in [-0.15, -0.1) is 24.8 Å². The summed E-state index contributed by atoms with van der Waals surface area (Å²) in [7, 11) is 0. The van der Waals surface area contributed by atoms with Crippen molar-refractivity contribution in [1.82, 2.24) is 10.3 Å². The molecule has 2 aromatic carbocycles. The summed E-state index contributed by atoms with van der Waals surface area (Å²) in [6.07, 6.45) is 3.57. The summed E-state index contributed by atoms with van der Waals surface area (Å²) < 4.78 is 11.7. The zero-order chi connectivity index (χ0) is 19.8. The average Bonchev–Trinajstić information content (AvgIpc) is 2.70. The number of nitrogens with one attached hydrogen (secondary N) is 1. The Kier molecular flexibility index (Phi) is 11.9. The number of ether oxygens (including phenoxy) is 2. The Bertz CT molecular complexity index is 911. The summed E-state index contributed by atoms with van der Waals surface area (Å²) in [5.74, 6) is 1.16. The van der Waals surface area contributed by atoms with Gasteiger partial charge in [0, 0.05) is 36.1 Å². The largest absolute Gasteiger partial charge is 0.490 e. The molecule has 0 aliphatic rings. The maximum Gasteiger partial charge on any atom is 0.180 e. The molecule has 3 aromatic rings. The summed E-state index contributed by atoms with van der Waals surface area (Å²) in [5.41, 5.74) is 3.09. The monoisotopic (exact) mass is 488 g/mol. The summed E-state index contributed by atoms with van der Waals surface area (Å²) in [5, 5.41) is 4.57. The van der Waals surface area contributed by atoms with Gasteiger partial charge in [-0.25, -0.2) is 0 Å². The minimum atomic E-state index is 0. The predicted octanol–water partition coefficient (Wildman–Crippen LogP) is 6.50. The van der Waals surface area contributed by atoms with Gasteiger partial charge in [0.2, 0.25) is 0 Å². The Morgan fingerprint density at radius 1 is 0.867 bits per heavy atom. The summed E-state index contributed by atoms with van der Waals surface area (Å²) >= 11 is 12.7. The second-order valence-electron chi connectivity index (χ2n) is 6.18. The smallest absolute Gasteiger partial charge is 0.180 e. The highest BCUT2D eigenvalue weighted by Crippen LogP contribution is 2.37. The number of benzene rings is 2. The first kappa shape index (κ1) is 26.3. The first-order valence-corrected chi connectivity index (χ1v) is 9.84. The van der Waals surface area contributed by atoms with E-state index in [0.717, 1.165) is 17.7 Å². The van der Waals surface area contributed by atoms with Crippen molar-refractivity contribution in [3.8, 4) is 11.5 Å². The number of halogens is 4. The first-order chi connectivity index (χ1) is 13.7. The molecule has 0 unspecified atom stereocenters. The molecular weight excluding hydrogens is 466 g/mol. The fraction of sp³-hybridized carbons (Fsp3) is 0.227. The number of rotatable bonds is 9. The number of nitrogens with zero attached hydrogens (tertiary/aromatic N) is 1. The molecule has 8 heteroatoms. The Morgan fingerprint density at radius 3 is 2.27 bits per heavy atom. The molecule has 0 radical (unpaired) electrons. The zero-order valence-corrected chi connectivity index (χ0v) is 19.6. The molecule has 0 atom stereocenters. The molecule has 0 fully saturated rings. The van der Waals surface area contributed by atoms with Gasteiger partial charge in [0.25, 0.3) is 0 Å². The van der Waals surface area contributed by atoms with Crippen LogP contribution in [0, 0.1) is 0 Å². The van der Waals surface area contributed by atoms with Gasteiger partial charge >= 0.3 is 0 Å². The van der Waals surface area contributed by atoms with Gasteiger partial charge in [0.15, 0.2) is 11.5 Å². The minimum Gasteiger partial charge on any atom is -0.490 e. The number of hydrogen-bond acceptors (Lipinski definition) is 4. The van der Waals surface area contributed by atoms with Crippen LogP contribution in [-0.4, -0.2) is 11.6 Å². The van der Waals surface area contributed by atoms with Crippen molar-refractivity contribution in [3.63, 3.8) is 0 Å². The molecule has 30 heavy (non-hydrogen) atoms. The molecule has 1 aromatic heterocycles. The number of hydrogen-bond donors (Lipinski definition) is 1. The van der Waals surface area contributed by atoms with Crippen LogP contribution in [0.25, 0.3) is 0 Å². The average molecular weight is 490 g/mol. The van der Waals surface area contributed by atoms with Crippen molar-refractivity contribution >= 4 is 48.0 Å².